The molecule has 0 fully saturated rings. The quantitative estimate of drug-likeness (QED) is 0.335. The van der Waals surface area contributed by atoms with Crippen LogP contribution in [0.3, 0.4) is 0 Å². The van der Waals surface area contributed by atoms with E-state index in [1.54, 1.807) is 18.4 Å². The maximum absolute atomic E-state index is 12.3. The minimum Gasteiger partial charge on any atom is -0.466 e. The number of esters is 1. The molecule has 0 unspecified atom stereocenters. The molecule has 160 valence electrons. The van der Waals surface area contributed by atoms with Crippen molar-refractivity contribution in [3.8, 4) is 11.6 Å². The van der Waals surface area contributed by atoms with Crippen LogP contribution in [0.1, 0.15) is 32.5 Å². The van der Waals surface area contributed by atoms with Crippen LogP contribution in [0.4, 0.5) is 5.13 Å². The molecule has 3 heterocycles. The SMILES string of the molecule is CCOC(=O)Cc1csc(NC(=O)CSc2nnc(-c3ccc(Br)o3)n2C(C)C)n1. The second kappa shape index (κ2) is 10.2. The second-order valence-electron chi connectivity index (χ2n) is 6.34. The highest BCUT2D eigenvalue weighted by molar-refractivity contribution is 9.10. The van der Waals surface area contributed by atoms with Crippen LogP contribution in [0, 0.1) is 0 Å². The third-order valence-electron chi connectivity index (χ3n) is 3.74. The van der Waals surface area contributed by atoms with E-state index >= 15 is 0 Å². The molecule has 0 radical (unpaired) electrons. The fourth-order valence-corrected chi connectivity index (χ4v) is 4.43. The highest BCUT2D eigenvalue weighted by Gasteiger charge is 2.20. The fourth-order valence-electron chi connectivity index (χ4n) is 2.53. The van der Waals surface area contributed by atoms with Crippen molar-refractivity contribution in [1.82, 2.24) is 19.7 Å². The van der Waals surface area contributed by atoms with Gasteiger partial charge in [0.1, 0.15) is 0 Å². The Morgan fingerprint density at radius 2 is 2.17 bits per heavy atom. The van der Waals surface area contributed by atoms with Crippen molar-refractivity contribution in [3.63, 3.8) is 0 Å². The molecular weight excluding hydrogens is 494 g/mol. The van der Waals surface area contributed by atoms with Crippen molar-refractivity contribution in [2.24, 2.45) is 0 Å². The molecule has 30 heavy (non-hydrogen) atoms. The van der Waals surface area contributed by atoms with Gasteiger partial charge in [-0.15, -0.1) is 21.5 Å². The van der Waals surface area contributed by atoms with Gasteiger partial charge in [0.05, 0.1) is 24.5 Å². The van der Waals surface area contributed by atoms with Gasteiger partial charge in [0.25, 0.3) is 0 Å². The first-order chi connectivity index (χ1) is 14.4. The molecule has 0 saturated carbocycles. The molecule has 0 bridgehead atoms. The van der Waals surface area contributed by atoms with E-state index in [0.29, 0.717) is 38.8 Å². The smallest absolute Gasteiger partial charge is 0.311 e. The number of hydrogen-bond donors (Lipinski definition) is 1. The first-order valence-electron chi connectivity index (χ1n) is 9.10. The van der Waals surface area contributed by atoms with Gasteiger partial charge in [-0.25, -0.2) is 4.98 Å². The van der Waals surface area contributed by atoms with Crippen LogP contribution >= 0.6 is 39.0 Å². The van der Waals surface area contributed by atoms with Crippen LogP contribution in [-0.4, -0.2) is 44.0 Å². The normalized spacial score (nSPS) is 11.1. The van der Waals surface area contributed by atoms with Crippen LogP contribution < -0.4 is 5.32 Å². The molecule has 1 N–H and O–H groups in total. The number of hydrogen-bond acceptors (Lipinski definition) is 9. The average Bonchev–Trinajstić information content (AvgIpc) is 3.40. The van der Waals surface area contributed by atoms with Gasteiger partial charge in [0, 0.05) is 11.4 Å². The number of anilines is 1. The van der Waals surface area contributed by atoms with Crippen LogP contribution in [0.2, 0.25) is 0 Å². The summed E-state index contributed by atoms with van der Waals surface area (Å²) in [7, 11) is 0. The van der Waals surface area contributed by atoms with Crippen molar-refractivity contribution < 1.29 is 18.7 Å². The van der Waals surface area contributed by atoms with Crippen LogP contribution in [-0.2, 0) is 20.7 Å². The lowest BCUT2D eigenvalue weighted by Crippen LogP contribution is -2.15. The lowest BCUT2D eigenvalue weighted by molar-refractivity contribution is -0.142. The van der Waals surface area contributed by atoms with Gasteiger partial charge < -0.3 is 14.5 Å². The summed E-state index contributed by atoms with van der Waals surface area (Å²) in [4.78, 5) is 28.1. The first-order valence-corrected chi connectivity index (χ1v) is 11.8. The summed E-state index contributed by atoms with van der Waals surface area (Å²) in [5.41, 5.74) is 0.565. The molecule has 0 spiro atoms. The fraction of sp³-hybridized carbons (Fsp3) is 0.389. The summed E-state index contributed by atoms with van der Waals surface area (Å²) in [6, 6.07) is 3.68. The number of thiazole rings is 1. The van der Waals surface area contributed by atoms with Crippen LogP contribution in [0.5, 0.6) is 0 Å². The Labute approximate surface area is 189 Å². The first kappa shape index (κ1) is 22.5. The molecule has 1 amide bonds. The maximum Gasteiger partial charge on any atom is 0.311 e. The molecule has 0 saturated heterocycles. The number of nitrogens with one attached hydrogen (secondary N) is 1. The topological polar surface area (TPSA) is 112 Å². The van der Waals surface area contributed by atoms with Crippen molar-refractivity contribution in [3.05, 3.63) is 27.9 Å². The minimum atomic E-state index is -0.344. The molecule has 12 heteroatoms. The summed E-state index contributed by atoms with van der Waals surface area (Å²) < 4.78 is 13.0. The van der Waals surface area contributed by atoms with Crippen LogP contribution in [0.25, 0.3) is 11.6 Å². The lowest BCUT2D eigenvalue weighted by Gasteiger charge is -2.12. The number of carbonyl (C=O) groups is 2. The van der Waals surface area contributed by atoms with Gasteiger partial charge in [-0.1, -0.05) is 11.8 Å². The summed E-state index contributed by atoms with van der Waals surface area (Å²) in [6.45, 7) is 6.09. The monoisotopic (exact) mass is 513 g/mol. The number of thioether (sulfide) groups is 1. The Morgan fingerprint density at radius 3 is 2.83 bits per heavy atom. The lowest BCUT2D eigenvalue weighted by atomic mass is 10.3. The molecule has 0 aliphatic carbocycles. The zero-order valence-corrected chi connectivity index (χ0v) is 19.8. The molecule has 0 aliphatic rings. The Bertz CT molecular complexity index is 1030. The molecule has 3 aromatic rings. The van der Waals surface area contributed by atoms with E-state index in [1.165, 1.54) is 23.1 Å². The summed E-state index contributed by atoms with van der Waals surface area (Å²) >= 11 is 5.83. The Kier molecular flexibility index (Phi) is 7.67. The molecule has 3 rings (SSSR count). The number of rotatable bonds is 9. The number of amides is 1. The summed E-state index contributed by atoms with van der Waals surface area (Å²) in [5, 5.41) is 14.0. The van der Waals surface area contributed by atoms with E-state index in [2.05, 4.69) is 36.4 Å². The average molecular weight is 514 g/mol. The number of nitrogens with zero attached hydrogens (tertiary/aromatic N) is 4. The van der Waals surface area contributed by atoms with Crippen molar-refractivity contribution >= 4 is 56.0 Å². The molecule has 0 atom stereocenters. The van der Waals surface area contributed by atoms with Gasteiger partial charge in [-0.2, -0.15) is 0 Å². The van der Waals surface area contributed by atoms with Crippen molar-refractivity contribution in [1.29, 1.82) is 0 Å². The Balaban J connectivity index is 1.60. The van der Waals surface area contributed by atoms with Gasteiger partial charge in [0.15, 0.2) is 20.7 Å². The number of aromatic nitrogens is 4. The van der Waals surface area contributed by atoms with E-state index in [4.69, 9.17) is 9.15 Å². The van der Waals surface area contributed by atoms with Gasteiger partial charge in [-0.05, 0) is 48.8 Å². The predicted octanol–water partition coefficient (Wildman–Crippen LogP) is 4.17. The van der Waals surface area contributed by atoms with Crippen LogP contribution in [0.15, 0.2) is 31.8 Å². The summed E-state index contributed by atoms with van der Waals surface area (Å²) in [6.07, 6.45) is 0.0815. The minimum absolute atomic E-state index is 0.0776. The zero-order valence-electron chi connectivity index (χ0n) is 16.5. The highest BCUT2D eigenvalue weighted by Crippen LogP contribution is 2.30. The number of carbonyl (C=O) groups excluding carboxylic acids is 2. The van der Waals surface area contributed by atoms with Gasteiger partial charge >= 0.3 is 5.97 Å². The number of halogens is 1. The Morgan fingerprint density at radius 1 is 1.37 bits per heavy atom. The predicted molar refractivity (Wildman–Crippen MR) is 118 cm³/mol. The molecule has 0 aromatic carbocycles. The Hall–Kier alpha value is -2.18. The summed E-state index contributed by atoms with van der Waals surface area (Å²) in [5.74, 6) is 0.763. The van der Waals surface area contributed by atoms with E-state index < -0.39 is 0 Å². The zero-order chi connectivity index (χ0) is 21.7. The second-order valence-corrected chi connectivity index (χ2v) is 8.92. The molecular formula is C18H20BrN5O4S2. The standard InChI is InChI=1S/C18H20BrN5O4S2/c1-4-27-15(26)7-11-8-29-17(20-11)21-14(25)9-30-18-23-22-16(24(18)10(2)3)12-5-6-13(19)28-12/h5-6,8,10H,4,7,9H2,1-3H3,(H,20,21,25). The number of furan rings is 1. The number of ether oxygens (including phenoxy) is 1. The van der Waals surface area contributed by atoms with Gasteiger partial charge in [0.2, 0.25) is 11.7 Å². The van der Waals surface area contributed by atoms with E-state index in [1.807, 2.05) is 24.5 Å². The van der Waals surface area contributed by atoms with E-state index in [-0.39, 0.29) is 30.1 Å². The third-order valence-corrected chi connectivity index (χ3v) is 5.91. The largest absolute Gasteiger partial charge is 0.466 e. The highest BCUT2D eigenvalue weighted by atomic mass is 79.9. The maximum atomic E-state index is 12.3. The third kappa shape index (κ3) is 5.70. The molecule has 3 aromatic heterocycles. The van der Waals surface area contributed by atoms with E-state index in [0.717, 1.165) is 0 Å². The van der Waals surface area contributed by atoms with Crippen molar-refractivity contribution in [2.75, 3.05) is 17.7 Å². The van der Waals surface area contributed by atoms with Crippen molar-refractivity contribution in [2.45, 2.75) is 38.4 Å². The molecule has 9 nitrogen and oxygen atoms in total. The van der Waals surface area contributed by atoms with Gasteiger partial charge in [-0.3, -0.25) is 14.2 Å². The van der Waals surface area contributed by atoms with E-state index in [9.17, 15) is 9.59 Å². The molecule has 0 aliphatic heterocycles.